The van der Waals surface area contributed by atoms with Crippen LogP contribution >= 0.6 is 0 Å². The maximum absolute atomic E-state index is 6.52. The second-order valence-electron chi connectivity index (χ2n) is 13.8. The van der Waals surface area contributed by atoms with E-state index in [4.69, 9.17) is 4.42 Å². The first kappa shape index (κ1) is 29.6. The number of nitrogens with zero attached hydrogens (tertiary/aromatic N) is 2. The van der Waals surface area contributed by atoms with Crippen LogP contribution in [0.3, 0.4) is 0 Å². The van der Waals surface area contributed by atoms with Crippen molar-refractivity contribution in [2.75, 3.05) is 0 Å². The largest absolute Gasteiger partial charge is 0.439 e. The molecule has 11 aromatic rings. The average molecular weight is 677 g/mol. The van der Waals surface area contributed by atoms with Gasteiger partial charge < -0.3 is 8.98 Å². The molecule has 0 aliphatic heterocycles. The lowest BCUT2D eigenvalue weighted by molar-refractivity contribution is 0.645. The summed E-state index contributed by atoms with van der Waals surface area (Å²) in [6.07, 6.45) is 0. The highest BCUT2D eigenvalue weighted by Crippen LogP contribution is 2.41. The number of furan rings is 1. The van der Waals surface area contributed by atoms with Gasteiger partial charge in [0, 0.05) is 32.9 Å². The van der Waals surface area contributed by atoms with E-state index in [0.29, 0.717) is 0 Å². The Hall–Kier alpha value is -7.10. The number of aromatic nitrogens is 2. The zero-order valence-corrected chi connectivity index (χ0v) is 28.8. The van der Waals surface area contributed by atoms with E-state index in [1.54, 1.807) is 0 Å². The van der Waals surface area contributed by atoms with E-state index in [9.17, 15) is 0 Å². The molecule has 0 radical (unpaired) electrons. The summed E-state index contributed by atoms with van der Waals surface area (Å²) < 4.78 is 11.2. The van der Waals surface area contributed by atoms with Crippen LogP contribution in [0.25, 0.3) is 99.5 Å². The molecule has 3 heteroatoms. The SMILES string of the molecule is c1ccc(-c2ccc3c(c2)c2cc(-c4ccccc4)ccc2n3-c2ccc(-c3ccc4c(c3)c3c5ccccc5oc3n4-c3ccccc3)cc2)cc1. The summed E-state index contributed by atoms with van der Waals surface area (Å²) in [5.41, 5.74) is 14.7. The minimum Gasteiger partial charge on any atom is -0.439 e. The normalized spacial score (nSPS) is 11.8. The molecule has 0 amide bonds. The third kappa shape index (κ3) is 4.68. The maximum atomic E-state index is 6.52. The second kappa shape index (κ2) is 11.7. The number of fused-ring (bicyclic) bond motifs is 8. The molecular weight excluding hydrogens is 645 g/mol. The van der Waals surface area contributed by atoms with Crippen molar-refractivity contribution in [3.05, 3.63) is 194 Å². The summed E-state index contributed by atoms with van der Waals surface area (Å²) in [5, 5.41) is 5.95. The first-order chi connectivity index (χ1) is 26.3. The van der Waals surface area contributed by atoms with E-state index in [2.05, 4.69) is 197 Å². The lowest BCUT2D eigenvalue weighted by Gasteiger charge is -2.11. The van der Waals surface area contributed by atoms with Crippen molar-refractivity contribution in [1.29, 1.82) is 0 Å². The topological polar surface area (TPSA) is 23.0 Å². The lowest BCUT2D eigenvalue weighted by Crippen LogP contribution is -1.94. The van der Waals surface area contributed by atoms with Gasteiger partial charge in [-0.25, -0.2) is 0 Å². The van der Waals surface area contributed by atoms with E-state index >= 15 is 0 Å². The highest BCUT2D eigenvalue weighted by atomic mass is 16.3. The minimum atomic E-state index is 0.872. The van der Waals surface area contributed by atoms with E-state index in [1.807, 2.05) is 6.07 Å². The molecule has 0 fully saturated rings. The van der Waals surface area contributed by atoms with Gasteiger partial charge in [-0.1, -0.05) is 127 Å². The number of hydrogen-bond acceptors (Lipinski definition) is 1. The molecule has 0 bridgehead atoms. The van der Waals surface area contributed by atoms with Crippen molar-refractivity contribution in [1.82, 2.24) is 9.13 Å². The van der Waals surface area contributed by atoms with Gasteiger partial charge >= 0.3 is 0 Å². The molecular formula is C50H32N2O. The fraction of sp³-hybridized carbons (Fsp3) is 0. The van der Waals surface area contributed by atoms with Crippen molar-refractivity contribution < 1.29 is 4.42 Å². The Morgan fingerprint density at radius 3 is 1.32 bits per heavy atom. The van der Waals surface area contributed by atoms with E-state index in [-0.39, 0.29) is 0 Å². The zero-order valence-electron chi connectivity index (χ0n) is 28.8. The summed E-state index contributed by atoms with van der Waals surface area (Å²) in [7, 11) is 0. The smallest absolute Gasteiger partial charge is 0.213 e. The third-order valence-electron chi connectivity index (χ3n) is 10.7. The van der Waals surface area contributed by atoms with Crippen LogP contribution in [0.4, 0.5) is 0 Å². The van der Waals surface area contributed by atoms with Gasteiger partial charge in [0.05, 0.1) is 21.9 Å². The Labute approximate surface area is 306 Å². The molecule has 0 unspecified atom stereocenters. The Morgan fingerprint density at radius 1 is 0.302 bits per heavy atom. The zero-order chi connectivity index (χ0) is 34.9. The van der Waals surface area contributed by atoms with Crippen molar-refractivity contribution >= 4 is 54.8 Å². The molecule has 3 heterocycles. The standard InChI is InChI=1S/C50H32N2O/c1-4-12-33(13-5-1)36-22-27-45-42(30-36)43-31-37(34-14-6-2-7-15-34)23-28-46(43)51(45)40-25-20-35(21-26-40)38-24-29-47-44(32-38)49-41-18-10-11-19-48(41)53-50(49)52(47)39-16-8-3-9-17-39/h1-32H. The van der Waals surface area contributed by atoms with Gasteiger partial charge in [-0.15, -0.1) is 0 Å². The van der Waals surface area contributed by atoms with Gasteiger partial charge in [-0.3, -0.25) is 4.57 Å². The second-order valence-corrected chi connectivity index (χ2v) is 13.8. The number of para-hydroxylation sites is 2. The maximum Gasteiger partial charge on any atom is 0.213 e. The fourth-order valence-corrected chi connectivity index (χ4v) is 8.23. The van der Waals surface area contributed by atoms with Gasteiger partial charge in [0.2, 0.25) is 5.71 Å². The number of benzene rings is 8. The summed E-state index contributed by atoms with van der Waals surface area (Å²) in [6.45, 7) is 0. The lowest BCUT2D eigenvalue weighted by atomic mass is 10.0. The van der Waals surface area contributed by atoms with Crippen LogP contribution in [0.5, 0.6) is 0 Å². The van der Waals surface area contributed by atoms with Crippen molar-refractivity contribution in [3.8, 4) is 44.8 Å². The summed E-state index contributed by atoms with van der Waals surface area (Å²) in [4.78, 5) is 0. The number of rotatable bonds is 5. The van der Waals surface area contributed by atoms with Crippen molar-refractivity contribution in [2.24, 2.45) is 0 Å². The van der Waals surface area contributed by atoms with Crippen LogP contribution in [0, 0.1) is 0 Å². The van der Waals surface area contributed by atoms with E-state index < -0.39 is 0 Å². The van der Waals surface area contributed by atoms with E-state index in [1.165, 1.54) is 60.6 Å². The molecule has 11 rings (SSSR count). The van der Waals surface area contributed by atoms with Crippen molar-refractivity contribution in [3.63, 3.8) is 0 Å². The fourth-order valence-electron chi connectivity index (χ4n) is 8.23. The van der Waals surface area contributed by atoms with Gasteiger partial charge in [0.1, 0.15) is 5.58 Å². The molecule has 8 aromatic carbocycles. The van der Waals surface area contributed by atoms with Gasteiger partial charge in [0.15, 0.2) is 0 Å². The van der Waals surface area contributed by atoms with Gasteiger partial charge in [-0.05, 0) is 100 Å². The molecule has 248 valence electrons. The summed E-state index contributed by atoms with van der Waals surface area (Å²) >= 11 is 0. The highest BCUT2D eigenvalue weighted by molar-refractivity contribution is 6.20. The average Bonchev–Trinajstić information content (AvgIpc) is 3.88. The first-order valence-electron chi connectivity index (χ1n) is 18.1. The molecule has 3 aromatic heterocycles. The highest BCUT2D eigenvalue weighted by Gasteiger charge is 2.20. The molecule has 0 atom stereocenters. The summed E-state index contributed by atoms with van der Waals surface area (Å²) in [5.74, 6) is 0. The quantitative estimate of drug-likeness (QED) is 0.178. The third-order valence-corrected chi connectivity index (χ3v) is 10.7. The van der Waals surface area contributed by atoms with Gasteiger partial charge in [-0.2, -0.15) is 0 Å². The van der Waals surface area contributed by atoms with Crippen LogP contribution < -0.4 is 0 Å². The molecule has 3 nitrogen and oxygen atoms in total. The molecule has 53 heavy (non-hydrogen) atoms. The van der Waals surface area contributed by atoms with Crippen LogP contribution in [0.2, 0.25) is 0 Å². The molecule has 0 N–H and O–H groups in total. The van der Waals surface area contributed by atoms with Crippen LogP contribution in [-0.4, -0.2) is 9.13 Å². The first-order valence-corrected chi connectivity index (χ1v) is 18.1. The van der Waals surface area contributed by atoms with Crippen LogP contribution in [0.15, 0.2) is 199 Å². The van der Waals surface area contributed by atoms with Crippen LogP contribution in [0.1, 0.15) is 0 Å². The molecule has 0 spiro atoms. The Morgan fingerprint density at radius 2 is 0.736 bits per heavy atom. The molecule has 0 saturated carbocycles. The molecule has 0 aliphatic rings. The molecule has 0 aliphatic carbocycles. The predicted molar refractivity (Wildman–Crippen MR) is 221 cm³/mol. The Kier molecular flexibility index (Phi) is 6.55. The summed E-state index contributed by atoms with van der Waals surface area (Å²) in [6, 6.07) is 69.7. The molecule has 0 saturated heterocycles. The number of hydrogen-bond donors (Lipinski definition) is 0. The predicted octanol–water partition coefficient (Wildman–Crippen LogP) is 13.6. The minimum absolute atomic E-state index is 0.872. The Balaban J connectivity index is 1.06. The van der Waals surface area contributed by atoms with Gasteiger partial charge in [0.25, 0.3) is 0 Å². The van der Waals surface area contributed by atoms with E-state index in [0.717, 1.165) is 39.0 Å². The van der Waals surface area contributed by atoms with Crippen LogP contribution in [-0.2, 0) is 0 Å². The Bertz CT molecular complexity index is 3030. The van der Waals surface area contributed by atoms with Crippen molar-refractivity contribution in [2.45, 2.75) is 0 Å². The monoisotopic (exact) mass is 676 g/mol.